The van der Waals surface area contributed by atoms with Crippen LogP contribution in [-0.2, 0) is 33.3 Å². The lowest BCUT2D eigenvalue weighted by atomic mass is 10.0. The van der Waals surface area contributed by atoms with Gasteiger partial charge in [0.1, 0.15) is 13.2 Å². The average molecular weight is 1050 g/mol. The van der Waals surface area contributed by atoms with Crippen molar-refractivity contribution in [3.05, 3.63) is 72.9 Å². The molecule has 9 heteroatoms. The molecule has 0 aliphatic heterocycles. The van der Waals surface area contributed by atoms with E-state index in [4.69, 9.17) is 18.9 Å². The van der Waals surface area contributed by atoms with Crippen molar-refractivity contribution in [1.82, 2.24) is 0 Å². The second-order valence-electron chi connectivity index (χ2n) is 22.0. The van der Waals surface area contributed by atoms with E-state index in [0.717, 1.165) is 83.5 Å². The lowest BCUT2D eigenvalue weighted by Gasteiger charge is -2.26. The Bertz CT molecular complexity index is 1460. The highest BCUT2D eigenvalue weighted by molar-refractivity contribution is 5.70. The number of ether oxygens (including phenoxy) is 4. The highest BCUT2D eigenvalue weighted by Gasteiger charge is 2.22. The Morgan fingerprint density at radius 3 is 1.13 bits per heavy atom. The first-order valence-electron chi connectivity index (χ1n) is 31.1. The highest BCUT2D eigenvalue weighted by atomic mass is 16.7. The van der Waals surface area contributed by atoms with Gasteiger partial charge in [0.25, 0.3) is 0 Å². The number of carboxylic acids is 1. The van der Waals surface area contributed by atoms with Crippen LogP contribution >= 0.6 is 0 Å². The van der Waals surface area contributed by atoms with Gasteiger partial charge in [0.15, 0.2) is 12.4 Å². The lowest BCUT2D eigenvalue weighted by Crippen LogP contribution is -2.44. The summed E-state index contributed by atoms with van der Waals surface area (Å²) in [5, 5.41) is 11.8. The van der Waals surface area contributed by atoms with E-state index in [9.17, 15) is 19.5 Å². The average Bonchev–Trinajstić information content (AvgIpc) is 3.38. The number of rotatable bonds is 57. The molecule has 0 spiro atoms. The van der Waals surface area contributed by atoms with Crippen LogP contribution in [0.1, 0.15) is 271 Å². The van der Waals surface area contributed by atoms with E-state index in [1.165, 1.54) is 154 Å². The van der Waals surface area contributed by atoms with Crippen molar-refractivity contribution in [2.45, 2.75) is 283 Å². The van der Waals surface area contributed by atoms with E-state index in [0.29, 0.717) is 17.4 Å². The number of unbranched alkanes of at least 4 members (excludes halogenated alkanes) is 30. The number of carbonyl (C=O) groups excluding carboxylic acids is 3. The van der Waals surface area contributed by atoms with E-state index in [-0.39, 0.29) is 38.6 Å². The zero-order valence-corrected chi connectivity index (χ0v) is 49.4. The fourth-order valence-corrected chi connectivity index (χ4v) is 8.72. The van der Waals surface area contributed by atoms with Gasteiger partial charge in [-0.25, -0.2) is 0 Å². The summed E-state index contributed by atoms with van der Waals surface area (Å²) < 4.78 is 22.7. The second-order valence-corrected chi connectivity index (χ2v) is 22.0. The molecule has 2 atom stereocenters. The molecule has 0 aliphatic carbocycles. The highest BCUT2D eigenvalue weighted by Crippen LogP contribution is 2.17. The molecule has 0 radical (unpaired) electrons. The lowest BCUT2D eigenvalue weighted by molar-refractivity contribution is -0.870. The molecule has 0 amide bonds. The van der Waals surface area contributed by atoms with Gasteiger partial charge in [-0.05, 0) is 64.2 Å². The maximum Gasteiger partial charge on any atom is 0.306 e. The molecule has 0 aliphatic rings. The van der Waals surface area contributed by atoms with E-state index in [1.54, 1.807) is 0 Å². The molecule has 75 heavy (non-hydrogen) atoms. The van der Waals surface area contributed by atoms with Gasteiger partial charge in [-0.1, -0.05) is 267 Å². The number of carbonyl (C=O) groups is 3. The third kappa shape index (κ3) is 58.3. The third-order valence-electron chi connectivity index (χ3n) is 13.5. The number of hydrogen-bond acceptors (Lipinski definition) is 8. The summed E-state index contributed by atoms with van der Waals surface area (Å²) >= 11 is 0. The molecule has 9 nitrogen and oxygen atoms in total. The standard InChI is InChI=1S/C66H117NO8/c1-6-8-10-12-14-16-18-20-22-24-26-28-30-31-32-33-35-36-38-40-42-44-46-48-50-52-54-56-63(68)73-60-62(61-74-66(65(70)71)72-59-58-67(3,4)5)75-64(69)57-55-53-51-49-47-45-43-41-39-37-34-29-27-25-23-21-19-17-15-13-11-9-7-2/h9,11,15,17,21,23,27,29,37,39,43,45,62,66H,6-8,10,12-14,16,18-20,22,24-26,28,30-36,38,40-42,44,46-61H2,1-5H3/b11-9-,17-15-,23-21-,29-27-,39-37-,45-43-. The number of carboxylic acid groups (broad SMARTS) is 1. The molecule has 0 fully saturated rings. The van der Waals surface area contributed by atoms with Crippen molar-refractivity contribution in [3.63, 3.8) is 0 Å². The Balaban J connectivity index is 4.22. The summed E-state index contributed by atoms with van der Waals surface area (Å²) in [7, 11) is 5.91. The summed E-state index contributed by atoms with van der Waals surface area (Å²) in [6.07, 6.45) is 71.1. The second kappa shape index (κ2) is 56.9. The van der Waals surface area contributed by atoms with Gasteiger partial charge in [0, 0.05) is 12.8 Å². The number of nitrogens with zero attached hydrogens (tertiary/aromatic N) is 1. The van der Waals surface area contributed by atoms with Crippen molar-refractivity contribution in [1.29, 1.82) is 0 Å². The van der Waals surface area contributed by atoms with Crippen molar-refractivity contribution in [2.75, 3.05) is 47.5 Å². The van der Waals surface area contributed by atoms with Crippen LogP contribution in [0.5, 0.6) is 0 Å². The molecular weight excluding hydrogens is 935 g/mol. The number of aliphatic carboxylic acids is 1. The molecule has 0 heterocycles. The van der Waals surface area contributed by atoms with Gasteiger partial charge in [0.2, 0.25) is 0 Å². The number of allylic oxidation sites excluding steroid dienone is 12. The molecule has 0 aromatic carbocycles. The van der Waals surface area contributed by atoms with Gasteiger partial charge in [-0.3, -0.25) is 9.59 Å². The van der Waals surface area contributed by atoms with Crippen molar-refractivity contribution < 1.29 is 42.9 Å². The minimum absolute atomic E-state index is 0.140. The first-order valence-corrected chi connectivity index (χ1v) is 31.1. The molecule has 2 unspecified atom stereocenters. The molecule has 0 rings (SSSR count). The third-order valence-corrected chi connectivity index (χ3v) is 13.5. The Morgan fingerprint density at radius 2 is 0.760 bits per heavy atom. The SMILES string of the molecule is CC/C=C\C/C=C\C/C=C\C/C=C\C/C=C\C/C=C\CCCCCCC(=O)OC(COC(=O)CCCCCCCCCCCCCCCCCCCCCCCCCCCCC)COC(OCC[N+](C)(C)C)C(=O)[O-]. The van der Waals surface area contributed by atoms with Crippen molar-refractivity contribution >= 4 is 17.9 Å². The van der Waals surface area contributed by atoms with E-state index in [2.05, 4.69) is 86.8 Å². The molecule has 0 aromatic rings. The summed E-state index contributed by atoms with van der Waals surface area (Å²) in [5.74, 6) is -2.31. The summed E-state index contributed by atoms with van der Waals surface area (Å²) in [4.78, 5) is 37.4. The number of likely N-dealkylation sites (N-methyl/N-ethyl adjacent to an activating group) is 1. The van der Waals surface area contributed by atoms with Gasteiger partial charge >= 0.3 is 11.9 Å². The van der Waals surface area contributed by atoms with Gasteiger partial charge < -0.3 is 33.3 Å². The van der Waals surface area contributed by atoms with Crippen LogP contribution < -0.4 is 5.11 Å². The number of quaternary nitrogens is 1. The zero-order valence-electron chi connectivity index (χ0n) is 49.4. The summed E-state index contributed by atoms with van der Waals surface area (Å²) in [6.45, 7) is 4.63. The predicted molar refractivity (Wildman–Crippen MR) is 315 cm³/mol. The minimum atomic E-state index is -1.63. The largest absolute Gasteiger partial charge is 0.545 e. The molecule has 0 saturated heterocycles. The van der Waals surface area contributed by atoms with E-state index < -0.39 is 24.3 Å². The molecule has 0 saturated carbocycles. The molecule has 0 bridgehead atoms. The fourth-order valence-electron chi connectivity index (χ4n) is 8.72. The first kappa shape index (κ1) is 71.7. The van der Waals surface area contributed by atoms with E-state index >= 15 is 0 Å². The van der Waals surface area contributed by atoms with Crippen LogP contribution in [-0.4, -0.2) is 82.3 Å². The summed E-state index contributed by atoms with van der Waals surface area (Å²) in [5.41, 5.74) is 0. The van der Waals surface area contributed by atoms with Crippen molar-refractivity contribution in [2.24, 2.45) is 0 Å². The maximum atomic E-state index is 12.9. The van der Waals surface area contributed by atoms with Crippen LogP contribution in [0.2, 0.25) is 0 Å². The molecular formula is C66H117NO8. The monoisotopic (exact) mass is 1050 g/mol. The minimum Gasteiger partial charge on any atom is -0.545 e. The van der Waals surface area contributed by atoms with Crippen LogP contribution in [0.4, 0.5) is 0 Å². The van der Waals surface area contributed by atoms with Gasteiger partial charge in [-0.2, -0.15) is 0 Å². The quantitative estimate of drug-likeness (QED) is 0.0195. The van der Waals surface area contributed by atoms with Crippen LogP contribution in [0, 0.1) is 0 Å². The molecule has 0 aromatic heterocycles. The normalized spacial score (nSPS) is 13.2. The first-order chi connectivity index (χ1) is 36.6. The number of hydrogen-bond donors (Lipinski definition) is 0. The maximum absolute atomic E-state index is 12.9. The zero-order chi connectivity index (χ0) is 54.8. The Hall–Kier alpha value is -3.27. The topological polar surface area (TPSA) is 111 Å². The van der Waals surface area contributed by atoms with E-state index in [1.807, 2.05) is 21.1 Å². The summed E-state index contributed by atoms with van der Waals surface area (Å²) in [6, 6.07) is 0. The molecule has 434 valence electrons. The van der Waals surface area contributed by atoms with Crippen molar-refractivity contribution in [3.8, 4) is 0 Å². The predicted octanol–water partition coefficient (Wildman–Crippen LogP) is 17.2. The number of esters is 2. The molecule has 0 N–H and O–H groups in total. The fraction of sp³-hybridized carbons (Fsp3) is 0.773. The van der Waals surface area contributed by atoms with Crippen LogP contribution in [0.3, 0.4) is 0 Å². The van der Waals surface area contributed by atoms with Crippen LogP contribution in [0.15, 0.2) is 72.9 Å². The van der Waals surface area contributed by atoms with Crippen LogP contribution in [0.25, 0.3) is 0 Å². The Labute approximate surface area is 462 Å². The van der Waals surface area contributed by atoms with Gasteiger partial charge in [-0.15, -0.1) is 0 Å². The Morgan fingerprint density at radius 1 is 0.413 bits per heavy atom. The Kier molecular flexibility index (Phi) is 54.4. The smallest absolute Gasteiger partial charge is 0.306 e. The van der Waals surface area contributed by atoms with Gasteiger partial charge in [0.05, 0.1) is 40.3 Å².